The Morgan fingerprint density at radius 2 is 1.94 bits per heavy atom. The number of halogens is 2. The van der Waals surface area contributed by atoms with Crippen LogP contribution in [0.5, 0.6) is 0 Å². The van der Waals surface area contributed by atoms with E-state index in [0.29, 0.717) is 22.1 Å². The number of anilines is 1. The van der Waals surface area contributed by atoms with Crippen LogP contribution in [0.1, 0.15) is 13.8 Å². The molecule has 0 bridgehead atoms. The molecule has 5 heteroatoms. The summed E-state index contributed by atoms with van der Waals surface area (Å²) in [5.74, 6) is 0.300. The van der Waals surface area contributed by atoms with E-state index in [0.717, 1.165) is 0 Å². The molecule has 0 saturated heterocycles. The molecule has 1 N–H and O–H groups in total. The summed E-state index contributed by atoms with van der Waals surface area (Å²) in [5, 5.41) is 11.6. The van der Waals surface area contributed by atoms with Crippen molar-refractivity contribution in [3.05, 3.63) is 41.2 Å². The smallest absolute Gasteiger partial charge is 0.148 e. The molecular weight excluding hydrogens is 253 g/mol. The first kappa shape index (κ1) is 12.8. The van der Waals surface area contributed by atoms with E-state index < -0.39 is 0 Å². The third-order valence-electron chi connectivity index (χ3n) is 2.31. The van der Waals surface area contributed by atoms with Crippen molar-refractivity contribution in [2.75, 3.05) is 5.32 Å². The molecule has 0 unspecified atom stereocenters. The highest BCUT2D eigenvalue weighted by atomic mass is 35.5. The van der Waals surface area contributed by atoms with Gasteiger partial charge in [0.1, 0.15) is 11.6 Å². The number of rotatable bonds is 3. The molecule has 0 radical (unpaired) electrons. The summed E-state index contributed by atoms with van der Waals surface area (Å²) in [7, 11) is 0. The van der Waals surface area contributed by atoms with Crippen molar-refractivity contribution in [1.29, 1.82) is 0 Å². The summed E-state index contributed by atoms with van der Waals surface area (Å²) >= 11 is 5.84. The Labute approximate surface area is 110 Å². The monoisotopic (exact) mass is 265 g/mol. The zero-order valence-electron chi connectivity index (χ0n) is 10.1. The molecule has 2 aromatic rings. The number of nitrogens with one attached hydrogen (secondary N) is 1. The van der Waals surface area contributed by atoms with Crippen molar-refractivity contribution in [2.24, 2.45) is 0 Å². The Morgan fingerprint density at radius 1 is 1.17 bits per heavy atom. The minimum atomic E-state index is -0.363. The van der Waals surface area contributed by atoms with Crippen LogP contribution in [0.25, 0.3) is 11.3 Å². The first-order chi connectivity index (χ1) is 8.56. The van der Waals surface area contributed by atoms with E-state index in [9.17, 15) is 4.39 Å². The lowest BCUT2D eigenvalue weighted by Crippen LogP contribution is -2.11. The molecule has 0 aliphatic rings. The highest BCUT2D eigenvalue weighted by molar-refractivity contribution is 6.30. The number of nitrogens with zero attached hydrogens (tertiary/aromatic N) is 2. The van der Waals surface area contributed by atoms with Gasteiger partial charge >= 0.3 is 0 Å². The maximum atomic E-state index is 13.6. The molecule has 1 aromatic heterocycles. The Balaban J connectivity index is 2.31. The number of hydrogen-bond donors (Lipinski definition) is 1. The minimum absolute atomic E-state index is 0.271. The van der Waals surface area contributed by atoms with Gasteiger partial charge in [0, 0.05) is 16.6 Å². The van der Waals surface area contributed by atoms with E-state index in [1.807, 2.05) is 13.8 Å². The number of hydrogen-bond acceptors (Lipinski definition) is 3. The van der Waals surface area contributed by atoms with Crippen molar-refractivity contribution in [1.82, 2.24) is 10.2 Å². The molecule has 94 valence electrons. The molecule has 0 fully saturated rings. The molecule has 0 aliphatic carbocycles. The number of aromatic nitrogens is 2. The maximum Gasteiger partial charge on any atom is 0.148 e. The zero-order chi connectivity index (χ0) is 13.1. The van der Waals surface area contributed by atoms with Gasteiger partial charge in [0.15, 0.2) is 0 Å². The lowest BCUT2D eigenvalue weighted by Gasteiger charge is -2.08. The Hall–Kier alpha value is -1.68. The molecule has 3 nitrogen and oxygen atoms in total. The molecule has 0 aliphatic heterocycles. The largest absolute Gasteiger partial charge is 0.366 e. The molecule has 0 spiro atoms. The van der Waals surface area contributed by atoms with Crippen LogP contribution in [-0.4, -0.2) is 16.2 Å². The van der Waals surface area contributed by atoms with E-state index >= 15 is 0 Å². The molecule has 2 rings (SSSR count). The first-order valence-electron chi connectivity index (χ1n) is 5.62. The standard InChI is InChI=1S/C13H13ClFN3/c1-8(2)16-13-6-5-12(17-18-13)10-7-9(14)3-4-11(10)15/h3-8H,1-2H3,(H,16,18). The van der Waals surface area contributed by atoms with Crippen LogP contribution in [0.2, 0.25) is 5.02 Å². The van der Waals surface area contributed by atoms with Crippen molar-refractivity contribution in [2.45, 2.75) is 19.9 Å². The number of benzene rings is 1. The van der Waals surface area contributed by atoms with E-state index in [4.69, 9.17) is 11.6 Å². The molecule has 0 atom stereocenters. The molecule has 1 aromatic carbocycles. The van der Waals surface area contributed by atoms with Crippen molar-refractivity contribution in [3.8, 4) is 11.3 Å². The Bertz CT molecular complexity index is 540. The summed E-state index contributed by atoms with van der Waals surface area (Å²) in [6.07, 6.45) is 0. The third kappa shape index (κ3) is 2.96. The van der Waals surface area contributed by atoms with Crippen molar-refractivity contribution < 1.29 is 4.39 Å². The van der Waals surface area contributed by atoms with Gasteiger partial charge in [-0.3, -0.25) is 0 Å². The van der Waals surface area contributed by atoms with Crippen LogP contribution in [0, 0.1) is 5.82 Å². The van der Waals surface area contributed by atoms with Gasteiger partial charge in [-0.05, 0) is 44.2 Å². The second-order valence-corrected chi connectivity index (χ2v) is 4.66. The van der Waals surface area contributed by atoms with Crippen LogP contribution in [-0.2, 0) is 0 Å². The second kappa shape index (κ2) is 5.31. The van der Waals surface area contributed by atoms with Crippen LogP contribution >= 0.6 is 11.6 Å². The average Bonchev–Trinajstić information content (AvgIpc) is 2.33. The van der Waals surface area contributed by atoms with Crippen LogP contribution in [0.15, 0.2) is 30.3 Å². The lowest BCUT2D eigenvalue weighted by atomic mass is 10.1. The summed E-state index contributed by atoms with van der Waals surface area (Å²) in [5.41, 5.74) is 0.815. The SMILES string of the molecule is CC(C)Nc1ccc(-c2cc(Cl)ccc2F)nn1. The highest BCUT2D eigenvalue weighted by Crippen LogP contribution is 2.24. The van der Waals surface area contributed by atoms with Gasteiger partial charge in [-0.1, -0.05) is 11.6 Å². The predicted molar refractivity (Wildman–Crippen MR) is 71.2 cm³/mol. The molecular formula is C13H13ClFN3. The van der Waals surface area contributed by atoms with E-state index in [1.165, 1.54) is 18.2 Å². The quantitative estimate of drug-likeness (QED) is 0.918. The zero-order valence-corrected chi connectivity index (χ0v) is 10.9. The van der Waals surface area contributed by atoms with Gasteiger partial charge in [-0.25, -0.2) is 4.39 Å². The van der Waals surface area contributed by atoms with E-state index in [-0.39, 0.29) is 11.9 Å². The van der Waals surface area contributed by atoms with Gasteiger partial charge in [0.05, 0.1) is 5.69 Å². The minimum Gasteiger partial charge on any atom is -0.366 e. The summed E-state index contributed by atoms with van der Waals surface area (Å²) in [6, 6.07) is 8.11. The molecule has 0 saturated carbocycles. The molecule has 1 heterocycles. The fraction of sp³-hybridized carbons (Fsp3) is 0.231. The maximum absolute atomic E-state index is 13.6. The predicted octanol–water partition coefficient (Wildman–Crippen LogP) is 3.76. The molecule has 18 heavy (non-hydrogen) atoms. The van der Waals surface area contributed by atoms with Gasteiger partial charge < -0.3 is 5.32 Å². The van der Waals surface area contributed by atoms with Crippen molar-refractivity contribution in [3.63, 3.8) is 0 Å². The van der Waals surface area contributed by atoms with Crippen LogP contribution in [0.3, 0.4) is 0 Å². The second-order valence-electron chi connectivity index (χ2n) is 4.23. The lowest BCUT2D eigenvalue weighted by molar-refractivity contribution is 0.630. The highest BCUT2D eigenvalue weighted by Gasteiger charge is 2.08. The normalized spacial score (nSPS) is 10.7. The van der Waals surface area contributed by atoms with E-state index in [1.54, 1.807) is 12.1 Å². The first-order valence-corrected chi connectivity index (χ1v) is 6.00. The van der Waals surface area contributed by atoms with Gasteiger partial charge in [0.2, 0.25) is 0 Å². The van der Waals surface area contributed by atoms with Crippen LogP contribution in [0.4, 0.5) is 10.2 Å². The van der Waals surface area contributed by atoms with Crippen LogP contribution < -0.4 is 5.32 Å². The van der Waals surface area contributed by atoms with Gasteiger partial charge in [-0.2, -0.15) is 0 Å². The third-order valence-corrected chi connectivity index (χ3v) is 2.54. The van der Waals surface area contributed by atoms with Gasteiger partial charge in [0.25, 0.3) is 0 Å². The summed E-state index contributed by atoms with van der Waals surface area (Å²) in [4.78, 5) is 0. The summed E-state index contributed by atoms with van der Waals surface area (Å²) in [6.45, 7) is 4.01. The van der Waals surface area contributed by atoms with E-state index in [2.05, 4.69) is 15.5 Å². The Kier molecular flexibility index (Phi) is 3.77. The topological polar surface area (TPSA) is 37.8 Å². The average molecular weight is 266 g/mol. The summed E-state index contributed by atoms with van der Waals surface area (Å²) < 4.78 is 13.6. The fourth-order valence-electron chi connectivity index (χ4n) is 1.54. The van der Waals surface area contributed by atoms with Crippen molar-refractivity contribution >= 4 is 17.4 Å². The van der Waals surface area contributed by atoms with Gasteiger partial charge in [-0.15, -0.1) is 10.2 Å². The molecule has 0 amide bonds. The fourth-order valence-corrected chi connectivity index (χ4v) is 1.71. The Morgan fingerprint density at radius 3 is 2.56 bits per heavy atom.